The number of thiophene rings is 1. The van der Waals surface area contributed by atoms with E-state index in [4.69, 9.17) is 10.7 Å². The third-order valence-electron chi connectivity index (χ3n) is 5.94. The van der Waals surface area contributed by atoms with Crippen LogP contribution in [0.3, 0.4) is 0 Å². The minimum absolute atomic E-state index is 0.156. The summed E-state index contributed by atoms with van der Waals surface area (Å²) in [5, 5.41) is 10.5. The van der Waals surface area contributed by atoms with Crippen LogP contribution in [0.4, 0.5) is 5.82 Å². The molecule has 1 aliphatic carbocycles. The average Bonchev–Trinajstić information content (AvgIpc) is 3.12. The maximum atomic E-state index is 13.6. The van der Waals surface area contributed by atoms with Gasteiger partial charge in [-0.2, -0.15) is 4.52 Å². The average molecular weight is 437 g/mol. The number of aromatic nitrogens is 3. The van der Waals surface area contributed by atoms with Crippen molar-refractivity contribution in [3.8, 4) is 0 Å². The van der Waals surface area contributed by atoms with E-state index in [1.165, 1.54) is 15.9 Å². The Morgan fingerprint density at radius 2 is 2.10 bits per heavy atom. The lowest BCUT2D eigenvalue weighted by molar-refractivity contribution is -0.122. The molecule has 1 aliphatic rings. The zero-order valence-electron chi connectivity index (χ0n) is 17.5. The molecule has 0 bridgehead atoms. The minimum Gasteiger partial charge on any atom is -0.369 e. The third kappa shape index (κ3) is 3.34. The number of nitrogens with one attached hydrogen (secondary N) is 1. The maximum absolute atomic E-state index is 13.6. The predicted octanol–water partition coefficient (Wildman–Crippen LogP) is 2.02. The lowest BCUT2D eigenvalue weighted by atomic mass is 9.87. The maximum Gasteiger partial charge on any atom is 0.283 e. The standard InChI is InChI=1S/C22H24N6O2S/c1-27(2)10-9-24-19-13-5-3-4-6-14(13)20-25-21-17(22(30)28(20)26-19)15-8-7-12(18(23)29)11-16(15)31-21/h3-6,12H,7-11H2,1-2H3,(H2,23,29)(H,24,26). The van der Waals surface area contributed by atoms with E-state index in [1.54, 1.807) is 0 Å². The fraction of sp³-hybridized carbons (Fsp3) is 0.364. The number of fused-ring (bicyclic) bond motifs is 6. The molecule has 9 heteroatoms. The number of amides is 1. The van der Waals surface area contributed by atoms with Crippen molar-refractivity contribution in [1.82, 2.24) is 19.5 Å². The van der Waals surface area contributed by atoms with Gasteiger partial charge >= 0.3 is 0 Å². The summed E-state index contributed by atoms with van der Waals surface area (Å²) in [5.74, 6) is 0.217. The molecule has 0 saturated heterocycles. The van der Waals surface area contributed by atoms with E-state index in [0.29, 0.717) is 47.5 Å². The summed E-state index contributed by atoms with van der Waals surface area (Å²) in [6, 6.07) is 7.87. The summed E-state index contributed by atoms with van der Waals surface area (Å²) in [5.41, 5.74) is 6.93. The SMILES string of the molecule is CN(C)CCNc1nn2c(=O)c3c4c(sc3nc2c2ccccc12)CC(C(N)=O)CC4. The Morgan fingerprint density at radius 1 is 1.32 bits per heavy atom. The number of nitrogens with two attached hydrogens (primary N) is 1. The molecule has 0 spiro atoms. The van der Waals surface area contributed by atoms with Gasteiger partial charge in [-0.15, -0.1) is 16.4 Å². The highest BCUT2D eigenvalue weighted by molar-refractivity contribution is 7.18. The highest BCUT2D eigenvalue weighted by Gasteiger charge is 2.28. The van der Waals surface area contributed by atoms with Gasteiger partial charge in [-0.25, -0.2) is 4.98 Å². The van der Waals surface area contributed by atoms with Crippen molar-refractivity contribution in [2.45, 2.75) is 19.3 Å². The summed E-state index contributed by atoms with van der Waals surface area (Å²) >= 11 is 1.50. The monoisotopic (exact) mass is 436 g/mol. The number of carbonyl (C=O) groups is 1. The lowest BCUT2D eigenvalue weighted by Crippen LogP contribution is -2.28. The molecule has 3 N–H and O–H groups in total. The van der Waals surface area contributed by atoms with Crippen LogP contribution in [-0.4, -0.2) is 52.6 Å². The molecule has 0 aliphatic heterocycles. The number of carbonyl (C=O) groups excluding carboxylic acids is 1. The van der Waals surface area contributed by atoms with E-state index in [2.05, 4.69) is 15.3 Å². The summed E-state index contributed by atoms with van der Waals surface area (Å²) in [7, 11) is 4.03. The van der Waals surface area contributed by atoms with Crippen molar-refractivity contribution in [2.24, 2.45) is 11.7 Å². The Balaban J connectivity index is 1.72. The molecule has 0 fully saturated rings. The number of anilines is 1. The molecule has 1 unspecified atom stereocenters. The van der Waals surface area contributed by atoms with E-state index >= 15 is 0 Å². The smallest absolute Gasteiger partial charge is 0.283 e. The van der Waals surface area contributed by atoms with Gasteiger partial charge in [0, 0.05) is 34.7 Å². The first-order chi connectivity index (χ1) is 14.9. The normalized spacial score (nSPS) is 16.3. The van der Waals surface area contributed by atoms with E-state index in [9.17, 15) is 9.59 Å². The van der Waals surface area contributed by atoms with Gasteiger partial charge in [-0.1, -0.05) is 24.3 Å². The number of benzene rings is 1. The Morgan fingerprint density at radius 3 is 2.84 bits per heavy atom. The molecule has 1 aromatic carbocycles. The first-order valence-electron chi connectivity index (χ1n) is 10.4. The minimum atomic E-state index is -0.279. The van der Waals surface area contributed by atoms with Crippen LogP contribution in [0.1, 0.15) is 16.9 Å². The van der Waals surface area contributed by atoms with Crippen molar-refractivity contribution >= 4 is 49.7 Å². The lowest BCUT2D eigenvalue weighted by Gasteiger charge is -2.18. The van der Waals surface area contributed by atoms with Crippen LogP contribution in [0.2, 0.25) is 0 Å². The van der Waals surface area contributed by atoms with Crippen molar-refractivity contribution in [3.63, 3.8) is 0 Å². The van der Waals surface area contributed by atoms with Gasteiger partial charge in [0.2, 0.25) is 5.91 Å². The summed E-state index contributed by atoms with van der Waals surface area (Å²) < 4.78 is 1.43. The number of rotatable bonds is 5. The number of nitrogens with zero attached hydrogens (tertiary/aromatic N) is 4. The van der Waals surface area contributed by atoms with E-state index in [0.717, 1.165) is 27.8 Å². The van der Waals surface area contributed by atoms with Crippen molar-refractivity contribution in [2.75, 3.05) is 32.5 Å². The van der Waals surface area contributed by atoms with Crippen LogP contribution in [0, 0.1) is 5.92 Å². The molecule has 3 aromatic heterocycles. The second kappa shape index (κ2) is 7.58. The Kier molecular flexibility index (Phi) is 4.86. The predicted molar refractivity (Wildman–Crippen MR) is 124 cm³/mol. The molecule has 1 atom stereocenters. The van der Waals surface area contributed by atoms with Crippen LogP contribution in [-0.2, 0) is 17.6 Å². The highest BCUT2D eigenvalue weighted by Crippen LogP contribution is 2.36. The van der Waals surface area contributed by atoms with E-state index < -0.39 is 0 Å². The topological polar surface area (TPSA) is 106 Å². The molecule has 1 amide bonds. The molecule has 0 saturated carbocycles. The van der Waals surface area contributed by atoms with Crippen LogP contribution >= 0.6 is 11.3 Å². The fourth-order valence-electron chi connectivity index (χ4n) is 4.29. The van der Waals surface area contributed by atoms with Gasteiger partial charge in [0.25, 0.3) is 5.56 Å². The molecule has 5 rings (SSSR count). The first-order valence-corrected chi connectivity index (χ1v) is 11.2. The summed E-state index contributed by atoms with van der Waals surface area (Å²) in [6.45, 7) is 1.56. The Hall–Kier alpha value is -3.04. The Labute approximate surface area is 182 Å². The number of aryl methyl sites for hydroxylation is 1. The molecular formula is C22H24N6O2S. The molecule has 4 aromatic rings. The molecule has 3 heterocycles. The van der Waals surface area contributed by atoms with Crippen molar-refractivity contribution < 1.29 is 4.79 Å². The molecule has 160 valence electrons. The van der Waals surface area contributed by atoms with Gasteiger partial charge in [-0.05, 0) is 38.9 Å². The van der Waals surface area contributed by atoms with Crippen LogP contribution in [0.25, 0.3) is 26.6 Å². The second-order valence-electron chi connectivity index (χ2n) is 8.30. The van der Waals surface area contributed by atoms with Gasteiger partial charge in [0.05, 0.1) is 5.39 Å². The van der Waals surface area contributed by atoms with Crippen LogP contribution in [0.5, 0.6) is 0 Å². The summed E-state index contributed by atoms with van der Waals surface area (Å²) in [4.78, 5) is 33.9. The fourth-order valence-corrected chi connectivity index (χ4v) is 5.58. The quantitative estimate of drug-likeness (QED) is 0.464. The summed E-state index contributed by atoms with van der Waals surface area (Å²) in [6.07, 6.45) is 1.91. The molecule has 8 nitrogen and oxygen atoms in total. The Bertz CT molecular complexity index is 1390. The molecular weight excluding hydrogens is 412 g/mol. The van der Waals surface area contributed by atoms with Gasteiger partial charge in [0.1, 0.15) is 4.83 Å². The van der Waals surface area contributed by atoms with Crippen LogP contribution in [0.15, 0.2) is 29.1 Å². The van der Waals surface area contributed by atoms with E-state index in [-0.39, 0.29) is 17.4 Å². The second-order valence-corrected chi connectivity index (χ2v) is 9.39. The van der Waals surface area contributed by atoms with Gasteiger partial charge in [-0.3, -0.25) is 9.59 Å². The third-order valence-corrected chi connectivity index (χ3v) is 7.09. The largest absolute Gasteiger partial charge is 0.369 e. The number of hydrogen-bond acceptors (Lipinski definition) is 7. The van der Waals surface area contributed by atoms with Crippen molar-refractivity contribution in [1.29, 1.82) is 0 Å². The number of likely N-dealkylation sites (N-methyl/N-ethyl adjacent to an activating group) is 1. The van der Waals surface area contributed by atoms with Gasteiger partial charge < -0.3 is 16.0 Å². The molecule has 31 heavy (non-hydrogen) atoms. The first kappa shape index (κ1) is 19.9. The van der Waals surface area contributed by atoms with Crippen molar-refractivity contribution in [3.05, 3.63) is 45.1 Å². The molecule has 0 radical (unpaired) electrons. The number of hydrogen-bond donors (Lipinski definition) is 2. The zero-order chi connectivity index (χ0) is 21.7. The van der Waals surface area contributed by atoms with Gasteiger partial charge in [0.15, 0.2) is 11.5 Å². The zero-order valence-corrected chi connectivity index (χ0v) is 18.3. The van der Waals surface area contributed by atoms with E-state index in [1.807, 2.05) is 38.4 Å². The highest BCUT2D eigenvalue weighted by atomic mass is 32.1. The number of primary amides is 1. The van der Waals surface area contributed by atoms with Crippen LogP contribution < -0.4 is 16.6 Å².